The average Bonchev–Trinajstić information content (AvgIpc) is 3.34. The molecule has 5 rings (SSSR count). The van der Waals surface area contributed by atoms with Crippen molar-refractivity contribution in [3.8, 4) is 28.4 Å². The third-order valence-electron chi connectivity index (χ3n) is 8.09. The van der Waals surface area contributed by atoms with Gasteiger partial charge in [0.25, 0.3) is 0 Å². The van der Waals surface area contributed by atoms with Crippen molar-refractivity contribution in [1.29, 1.82) is 0 Å². The molecule has 0 aliphatic heterocycles. The molecule has 4 aromatic rings. The molecule has 4 nitrogen and oxygen atoms in total. The zero-order chi connectivity index (χ0) is 27.1. The zero-order valence-corrected chi connectivity index (χ0v) is 24.5. The summed E-state index contributed by atoms with van der Waals surface area (Å²) in [6, 6.07) is 21.3. The van der Waals surface area contributed by atoms with E-state index in [1.54, 1.807) is 25.6 Å². The molecule has 3 aromatic carbocycles. The molecule has 5 heteroatoms. The molecule has 0 saturated carbocycles. The van der Waals surface area contributed by atoms with Gasteiger partial charge in [-0.3, -0.25) is 0 Å². The van der Waals surface area contributed by atoms with Crippen LogP contribution in [-0.2, 0) is 17.3 Å². The van der Waals surface area contributed by atoms with Gasteiger partial charge in [-0.05, 0) is 77.1 Å². The molecule has 1 aliphatic rings. The third-order valence-corrected chi connectivity index (χ3v) is 8.94. The number of ether oxygens (including phenoxy) is 2. The first-order valence-corrected chi connectivity index (χ1v) is 14.3. The molecule has 0 unspecified atom stereocenters. The fourth-order valence-corrected chi connectivity index (χ4v) is 6.56. The number of thiazole rings is 1. The van der Waals surface area contributed by atoms with Crippen LogP contribution in [0.15, 0.2) is 66.0 Å². The first kappa shape index (κ1) is 26.3. The number of rotatable bonds is 7. The Morgan fingerprint density at radius 1 is 0.842 bits per heavy atom. The molecule has 0 fully saturated rings. The molecule has 0 bridgehead atoms. The molecular formula is C33H39N2O2S+. The summed E-state index contributed by atoms with van der Waals surface area (Å²) >= 11 is 1.71. The zero-order valence-electron chi connectivity index (χ0n) is 23.6. The Labute approximate surface area is 231 Å². The number of methoxy groups -OCH3 is 2. The topological polar surface area (TPSA) is 34.4 Å². The SMILES string of the molecule is CCc1cc2c(cc1-c1csc(Nc3cccc(OC)c3)[n+]1-c1cccc(OC)c1)C(C)(C)CCC2(C)C. The minimum absolute atomic E-state index is 0.143. The van der Waals surface area contributed by atoms with Gasteiger partial charge in [-0.1, -0.05) is 64.2 Å². The Balaban J connectivity index is 1.73. The number of nitrogens with zero attached hydrogens (tertiary/aromatic N) is 1. The van der Waals surface area contributed by atoms with Crippen LogP contribution in [0.5, 0.6) is 11.5 Å². The van der Waals surface area contributed by atoms with Crippen LogP contribution in [0.25, 0.3) is 16.9 Å². The average molecular weight is 528 g/mol. The second-order valence-corrected chi connectivity index (χ2v) is 12.4. The highest BCUT2D eigenvalue weighted by atomic mass is 32.1. The Hall–Kier alpha value is -3.31. The maximum Gasteiger partial charge on any atom is 0.344 e. The van der Waals surface area contributed by atoms with Gasteiger partial charge in [-0.2, -0.15) is 4.57 Å². The van der Waals surface area contributed by atoms with Crippen molar-refractivity contribution in [1.82, 2.24) is 0 Å². The summed E-state index contributed by atoms with van der Waals surface area (Å²) in [7, 11) is 3.42. The summed E-state index contributed by atoms with van der Waals surface area (Å²) in [5.41, 5.74) is 9.23. The van der Waals surface area contributed by atoms with Gasteiger partial charge in [0.2, 0.25) is 0 Å². The Morgan fingerprint density at radius 2 is 1.47 bits per heavy atom. The molecule has 0 spiro atoms. The smallest absolute Gasteiger partial charge is 0.344 e. The maximum atomic E-state index is 5.61. The molecule has 1 heterocycles. The number of fused-ring (bicyclic) bond motifs is 1. The van der Waals surface area contributed by atoms with Crippen molar-refractivity contribution < 1.29 is 14.0 Å². The number of hydrogen-bond acceptors (Lipinski definition) is 4. The molecule has 1 N–H and O–H groups in total. The largest absolute Gasteiger partial charge is 0.497 e. The van der Waals surface area contributed by atoms with Crippen molar-refractivity contribution in [3.63, 3.8) is 0 Å². The Bertz CT molecular complexity index is 1470. The van der Waals surface area contributed by atoms with Crippen molar-refractivity contribution in [3.05, 3.63) is 82.7 Å². The quantitative estimate of drug-likeness (QED) is 0.245. The number of hydrogen-bond donors (Lipinski definition) is 1. The molecule has 38 heavy (non-hydrogen) atoms. The van der Waals surface area contributed by atoms with Gasteiger partial charge in [0.1, 0.15) is 22.9 Å². The highest BCUT2D eigenvalue weighted by molar-refractivity contribution is 7.13. The van der Waals surface area contributed by atoms with Crippen LogP contribution in [0.4, 0.5) is 10.8 Å². The van der Waals surface area contributed by atoms with Gasteiger partial charge in [0.05, 0.1) is 14.2 Å². The van der Waals surface area contributed by atoms with E-state index in [1.807, 2.05) is 24.3 Å². The lowest BCUT2D eigenvalue weighted by molar-refractivity contribution is -0.563. The fourth-order valence-electron chi connectivity index (χ4n) is 5.62. The highest BCUT2D eigenvalue weighted by Gasteiger charge is 2.38. The summed E-state index contributed by atoms with van der Waals surface area (Å²) in [6.45, 7) is 11.9. The van der Waals surface area contributed by atoms with Crippen LogP contribution in [-0.4, -0.2) is 14.2 Å². The summed E-state index contributed by atoms with van der Waals surface area (Å²) in [5.74, 6) is 1.66. The molecule has 0 amide bonds. The van der Waals surface area contributed by atoms with Gasteiger partial charge in [-0.15, -0.1) is 0 Å². The fraction of sp³-hybridized carbons (Fsp3) is 0.364. The van der Waals surface area contributed by atoms with Crippen molar-refractivity contribution >= 4 is 22.2 Å². The number of benzene rings is 3. The van der Waals surface area contributed by atoms with E-state index >= 15 is 0 Å². The van der Waals surface area contributed by atoms with Crippen LogP contribution in [0, 0.1) is 0 Å². The maximum absolute atomic E-state index is 5.61. The lowest BCUT2D eigenvalue weighted by Crippen LogP contribution is -2.36. The van der Waals surface area contributed by atoms with Gasteiger partial charge >= 0.3 is 5.13 Å². The summed E-state index contributed by atoms with van der Waals surface area (Å²) in [5, 5.41) is 6.97. The lowest BCUT2D eigenvalue weighted by Gasteiger charge is -2.42. The van der Waals surface area contributed by atoms with Gasteiger partial charge in [-0.25, -0.2) is 5.32 Å². The predicted octanol–water partition coefficient (Wildman–Crippen LogP) is 8.36. The first-order chi connectivity index (χ1) is 18.2. The molecule has 1 aromatic heterocycles. The molecule has 1 aliphatic carbocycles. The van der Waals surface area contributed by atoms with Crippen LogP contribution >= 0.6 is 11.3 Å². The number of aromatic nitrogens is 1. The molecule has 0 radical (unpaired) electrons. The van der Waals surface area contributed by atoms with Gasteiger partial charge in [0, 0.05) is 23.1 Å². The monoisotopic (exact) mass is 527 g/mol. The molecular weight excluding hydrogens is 488 g/mol. The van der Waals surface area contributed by atoms with Crippen LogP contribution in [0.3, 0.4) is 0 Å². The van der Waals surface area contributed by atoms with Gasteiger partial charge in [0.15, 0.2) is 5.69 Å². The van der Waals surface area contributed by atoms with E-state index in [0.29, 0.717) is 0 Å². The third kappa shape index (κ3) is 4.80. The van der Waals surface area contributed by atoms with E-state index in [1.165, 1.54) is 40.8 Å². The van der Waals surface area contributed by atoms with E-state index in [4.69, 9.17) is 9.47 Å². The Kier molecular flexibility index (Phi) is 6.99. The van der Waals surface area contributed by atoms with Gasteiger partial charge < -0.3 is 9.47 Å². The predicted molar refractivity (Wildman–Crippen MR) is 159 cm³/mol. The lowest BCUT2D eigenvalue weighted by atomic mass is 9.62. The number of anilines is 2. The number of aryl methyl sites for hydroxylation is 1. The van der Waals surface area contributed by atoms with Crippen molar-refractivity contribution in [2.24, 2.45) is 0 Å². The summed E-state index contributed by atoms with van der Waals surface area (Å²) in [4.78, 5) is 0. The normalized spacial score (nSPS) is 15.6. The van der Waals surface area contributed by atoms with E-state index in [2.05, 4.69) is 86.3 Å². The number of nitrogens with one attached hydrogen (secondary N) is 1. The summed E-state index contributed by atoms with van der Waals surface area (Å²) < 4.78 is 13.4. The molecule has 0 atom stereocenters. The molecule has 198 valence electrons. The van der Waals surface area contributed by atoms with E-state index in [9.17, 15) is 0 Å². The Morgan fingerprint density at radius 3 is 2.13 bits per heavy atom. The van der Waals surface area contributed by atoms with Crippen molar-refractivity contribution in [2.45, 2.75) is 64.7 Å². The molecule has 0 saturated heterocycles. The highest BCUT2D eigenvalue weighted by Crippen LogP contribution is 2.48. The standard InChI is InChI=1S/C33H38N2O2S/c1-8-22-17-28-29(33(4,5)16-15-32(28,2)3)20-27(22)30-21-38-31(34-23-11-9-13-25(18-23)36-6)35(30)24-12-10-14-26(19-24)37-7/h9-14,17-21H,8,15-16H2,1-7H3/p+1. The summed E-state index contributed by atoms with van der Waals surface area (Å²) in [6.07, 6.45) is 3.39. The van der Waals surface area contributed by atoms with E-state index < -0.39 is 0 Å². The minimum Gasteiger partial charge on any atom is -0.497 e. The van der Waals surface area contributed by atoms with Crippen molar-refractivity contribution in [2.75, 3.05) is 19.5 Å². The van der Waals surface area contributed by atoms with Crippen LogP contribution in [0.2, 0.25) is 0 Å². The second-order valence-electron chi connectivity index (χ2n) is 11.5. The van der Waals surface area contributed by atoms with E-state index in [-0.39, 0.29) is 10.8 Å². The second kappa shape index (κ2) is 10.1. The minimum atomic E-state index is 0.143. The van der Waals surface area contributed by atoms with Crippen LogP contribution < -0.4 is 19.4 Å². The first-order valence-electron chi connectivity index (χ1n) is 13.4. The van der Waals surface area contributed by atoms with Crippen LogP contribution in [0.1, 0.15) is 64.2 Å². The van der Waals surface area contributed by atoms with E-state index in [0.717, 1.165) is 34.4 Å².